The zero-order chi connectivity index (χ0) is 32.6. The van der Waals surface area contributed by atoms with Crippen LogP contribution in [0.15, 0.2) is 164 Å². The molecule has 0 radical (unpaired) electrons. The van der Waals surface area contributed by atoms with Gasteiger partial charge in [0.2, 0.25) is 0 Å². The number of rotatable bonds is 3. The van der Waals surface area contributed by atoms with E-state index >= 15 is 0 Å². The molecule has 4 heteroatoms. The normalized spacial score (nSPS) is 12.4. The Morgan fingerprint density at radius 2 is 0.939 bits per heavy atom. The van der Waals surface area contributed by atoms with Crippen LogP contribution < -0.4 is 4.74 Å². The molecule has 0 N–H and O–H groups in total. The van der Waals surface area contributed by atoms with E-state index in [1.165, 1.54) is 0 Å². The number of fused-ring (bicyclic) bond motifs is 8. The van der Waals surface area contributed by atoms with E-state index in [-0.39, 0.29) is 0 Å². The first-order valence-electron chi connectivity index (χ1n) is 16.4. The van der Waals surface area contributed by atoms with Gasteiger partial charge in [-0.3, -0.25) is 0 Å². The van der Waals surface area contributed by atoms with Gasteiger partial charge in [-0.2, -0.15) is 0 Å². The van der Waals surface area contributed by atoms with Crippen LogP contribution in [0.3, 0.4) is 0 Å². The van der Waals surface area contributed by atoms with E-state index < -0.39 is 0 Å². The monoisotopic (exact) mass is 627 g/mol. The van der Waals surface area contributed by atoms with Crippen molar-refractivity contribution < 1.29 is 4.74 Å². The molecule has 8 aromatic rings. The summed E-state index contributed by atoms with van der Waals surface area (Å²) in [7, 11) is 0. The highest BCUT2D eigenvalue weighted by atomic mass is 16.5. The second kappa shape index (κ2) is 12.2. The van der Waals surface area contributed by atoms with Crippen molar-refractivity contribution in [3.63, 3.8) is 0 Å². The molecule has 2 heterocycles. The number of para-hydroxylation sites is 1. The molecule has 9 rings (SSSR count). The van der Waals surface area contributed by atoms with Gasteiger partial charge in [0.15, 0.2) is 17.5 Å². The van der Waals surface area contributed by atoms with Crippen molar-refractivity contribution in [2.75, 3.05) is 0 Å². The standard InChI is InChI=1S/C45H29N3O/c1-3-15-33(16-4-1)43-46-44(34-17-5-2-6-18-34)48-45(47-43)35-26-25-32-24-23-30-13-7-9-19-36(30)38-21-11-12-22-41(38)49-42-37-20-10-8-14-31(37)27-28-39(42)40(32)29-35/h1-29H/b24-23-. The maximum atomic E-state index is 7.03. The van der Waals surface area contributed by atoms with Gasteiger partial charge in [-0.15, -0.1) is 0 Å². The molecule has 0 amide bonds. The Bertz CT molecular complexity index is 2470. The molecule has 49 heavy (non-hydrogen) atoms. The Kier molecular flexibility index (Phi) is 7.10. The van der Waals surface area contributed by atoms with Crippen LogP contribution in [0.25, 0.3) is 79.3 Å². The fraction of sp³-hybridized carbons (Fsp3) is 0. The van der Waals surface area contributed by atoms with Crippen LogP contribution in [0.1, 0.15) is 11.1 Å². The van der Waals surface area contributed by atoms with E-state index in [4.69, 9.17) is 19.7 Å². The number of hydrogen-bond donors (Lipinski definition) is 0. The van der Waals surface area contributed by atoms with Crippen LogP contribution in [-0.4, -0.2) is 15.0 Å². The van der Waals surface area contributed by atoms with E-state index in [1.54, 1.807) is 0 Å². The van der Waals surface area contributed by atoms with Crippen LogP contribution >= 0.6 is 0 Å². The minimum Gasteiger partial charge on any atom is -0.455 e. The molecule has 0 bridgehead atoms. The Hall–Kier alpha value is -6.65. The third-order valence-corrected chi connectivity index (χ3v) is 8.97. The molecule has 7 aromatic carbocycles. The van der Waals surface area contributed by atoms with Crippen molar-refractivity contribution in [2.24, 2.45) is 0 Å². The summed E-state index contributed by atoms with van der Waals surface area (Å²) in [5.41, 5.74) is 9.10. The van der Waals surface area contributed by atoms with Gasteiger partial charge in [0.25, 0.3) is 0 Å². The van der Waals surface area contributed by atoms with E-state index in [9.17, 15) is 0 Å². The van der Waals surface area contributed by atoms with Crippen molar-refractivity contribution in [2.45, 2.75) is 0 Å². The zero-order valence-electron chi connectivity index (χ0n) is 26.5. The summed E-state index contributed by atoms with van der Waals surface area (Å²) >= 11 is 0. The van der Waals surface area contributed by atoms with Gasteiger partial charge in [0.05, 0.1) is 0 Å². The predicted molar refractivity (Wildman–Crippen MR) is 200 cm³/mol. The van der Waals surface area contributed by atoms with E-state index in [0.29, 0.717) is 17.5 Å². The first-order chi connectivity index (χ1) is 24.3. The molecule has 0 atom stereocenters. The molecule has 1 aromatic heterocycles. The largest absolute Gasteiger partial charge is 0.455 e. The SMILES string of the molecule is C1=C\c2ccc(-c3nc(-c4ccccc4)nc(-c4ccccc4)n3)cc2-c2ccc3ccccc3c2Oc2ccccc2-c2ccccc2/1. The summed E-state index contributed by atoms with van der Waals surface area (Å²) < 4.78 is 7.03. The van der Waals surface area contributed by atoms with Gasteiger partial charge < -0.3 is 4.74 Å². The lowest BCUT2D eigenvalue weighted by Crippen LogP contribution is -2.00. The molecule has 0 unspecified atom stereocenters. The van der Waals surface area contributed by atoms with Crippen LogP contribution in [0.2, 0.25) is 0 Å². The second-order valence-corrected chi connectivity index (χ2v) is 12.0. The lowest BCUT2D eigenvalue weighted by atomic mass is 9.93. The van der Waals surface area contributed by atoms with Crippen LogP contribution in [0, 0.1) is 0 Å². The summed E-state index contributed by atoms with van der Waals surface area (Å²) in [6, 6.07) is 56.0. The van der Waals surface area contributed by atoms with Gasteiger partial charge >= 0.3 is 0 Å². The van der Waals surface area contributed by atoms with Crippen molar-refractivity contribution in [3.8, 4) is 67.9 Å². The minimum absolute atomic E-state index is 0.604. The first-order valence-corrected chi connectivity index (χ1v) is 16.4. The smallest absolute Gasteiger partial charge is 0.164 e. The average molecular weight is 628 g/mol. The van der Waals surface area contributed by atoms with Crippen LogP contribution in [-0.2, 0) is 0 Å². The number of ether oxygens (including phenoxy) is 1. The molecular formula is C45H29N3O. The lowest BCUT2D eigenvalue weighted by Gasteiger charge is -2.18. The summed E-state index contributed by atoms with van der Waals surface area (Å²) in [5.74, 6) is 3.47. The minimum atomic E-state index is 0.604. The highest BCUT2D eigenvalue weighted by Crippen LogP contribution is 2.45. The fourth-order valence-corrected chi connectivity index (χ4v) is 6.53. The van der Waals surface area contributed by atoms with E-state index in [1.807, 2.05) is 66.7 Å². The van der Waals surface area contributed by atoms with Crippen molar-refractivity contribution in [1.29, 1.82) is 0 Å². The second-order valence-electron chi connectivity index (χ2n) is 12.0. The molecule has 4 nitrogen and oxygen atoms in total. The van der Waals surface area contributed by atoms with Crippen molar-refractivity contribution >= 4 is 22.9 Å². The predicted octanol–water partition coefficient (Wildman–Crippen LogP) is 11.6. The van der Waals surface area contributed by atoms with Gasteiger partial charge in [-0.1, -0.05) is 158 Å². The summed E-state index contributed by atoms with van der Waals surface area (Å²) in [5, 5.41) is 2.15. The molecule has 0 saturated carbocycles. The highest BCUT2D eigenvalue weighted by molar-refractivity contribution is 5.99. The van der Waals surface area contributed by atoms with Gasteiger partial charge in [-0.25, -0.2) is 15.0 Å². The van der Waals surface area contributed by atoms with Crippen LogP contribution in [0.5, 0.6) is 11.5 Å². The van der Waals surface area contributed by atoms with Crippen molar-refractivity contribution in [3.05, 3.63) is 175 Å². The Labute approximate surface area is 284 Å². The summed E-state index contributed by atoms with van der Waals surface area (Å²) in [6.45, 7) is 0. The number of nitrogens with zero attached hydrogens (tertiary/aromatic N) is 3. The molecule has 1 aliphatic rings. The average Bonchev–Trinajstić information content (AvgIpc) is 3.20. The molecular weight excluding hydrogens is 599 g/mol. The summed E-state index contributed by atoms with van der Waals surface area (Å²) in [6.07, 6.45) is 4.39. The fourth-order valence-electron chi connectivity index (χ4n) is 6.53. The Morgan fingerprint density at radius 1 is 0.367 bits per heavy atom. The van der Waals surface area contributed by atoms with E-state index in [0.717, 1.165) is 72.3 Å². The Morgan fingerprint density at radius 3 is 1.67 bits per heavy atom. The molecule has 0 fully saturated rings. The quantitative estimate of drug-likeness (QED) is 0.196. The number of aromatic nitrogens is 3. The molecule has 0 spiro atoms. The molecule has 0 aliphatic carbocycles. The topological polar surface area (TPSA) is 47.9 Å². The molecule has 230 valence electrons. The van der Waals surface area contributed by atoms with Crippen molar-refractivity contribution in [1.82, 2.24) is 15.0 Å². The number of benzene rings is 7. The zero-order valence-corrected chi connectivity index (χ0v) is 26.5. The van der Waals surface area contributed by atoms with E-state index in [2.05, 4.69) is 109 Å². The third kappa shape index (κ3) is 5.35. The van der Waals surface area contributed by atoms with Gasteiger partial charge in [0.1, 0.15) is 11.5 Å². The third-order valence-electron chi connectivity index (χ3n) is 8.97. The highest BCUT2D eigenvalue weighted by Gasteiger charge is 2.20. The van der Waals surface area contributed by atoms with Crippen LogP contribution in [0.4, 0.5) is 0 Å². The molecule has 1 aliphatic heterocycles. The summed E-state index contributed by atoms with van der Waals surface area (Å²) in [4.78, 5) is 15.0. The maximum absolute atomic E-state index is 7.03. The molecule has 0 saturated heterocycles. The van der Waals surface area contributed by atoms with Gasteiger partial charge in [-0.05, 0) is 45.8 Å². The Balaban J connectivity index is 1.30. The first kappa shape index (κ1) is 28.6. The van der Waals surface area contributed by atoms with Gasteiger partial charge in [0, 0.05) is 33.2 Å². The maximum Gasteiger partial charge on any atom is 0.164 e. The lowest BCUT2D eigenvalue weighted by molar-refractivity contribution is 0.492. The number of hydrogen-bond acceptors (Lipinski definition) is 4.